The summed E-state index contributed by atoms with van der Waals surface area (Å²) >= 11 is 0. The average Bonchev–Trinajstić information content (AvgIpc) is 2.51. The minimum Gasteiger partial charge on any atom is -0.495 e. The van der Waals surface area contributed by atoms with Gasteiger partial charge in [0.25, 0.3) is 0 Å². The first kappa shape index (κ1) is 15.8. The van der Waals surface area contributed by atoms with E-state index in [2.05, 4.69) is 5.16 Å². The lowest BCUT2D eigenvalue weighted by Crippen LogP contribution is -2.48. The van der Waals surface area contributed by atoms with Crippen molar-refractivity contribution in [3.8, 4) is 5.75 Å². The number of hydrogen-bond donors (Lipinski definition) is 2. The molecule has 0 aliphatic heterocycles. The Kier molecular flexibility index (Phi) is 4.96. The monoisotopic (exact) mass is 279 g/mol. The Labute approximate surface area is 118 Å². The van der Waals surface area contributed by atoms with E-state index in [1.165, 1.54) is 4.90 Å². The Morgan fingerprint density at radius 3 is 2.60 bits per heavy atom. The highest BCUT2D eigenvalue weighted by atomic mass is 16.5. The molecule has 0 aliphatic rings. The predicted molar refractivity (Wildman–Crippen MR) is 78.2 cm³/mol. The number of methoxy groups -OCH3 is 1. The molecular formula is C14H21N3O3. The number of amidine groups is 1. The first-order valence-electron chi connectivity index (χ1n) is 6.31. The van der Waals surface area contributed by atoms with Gasteiger partial charge in [-0.3, -0.25) is 4.79 Å². The molecule has 110 valence electrons. The van der Waals surface area contributed by atoms with Gasteiger partial charge in [-0.15, -0.1) is 0 Å². The molecule has 1 aromatic carbocycles. The van der Waals surface area contributed by atoms with Crippen molar-refractivity contribution < 1.29 is 14.7 Å². The van der Waals surface area contributed by atoms with Crippen molar-refractivity contribution in [3.63, 3.8) is 0 Å². The Balaban J connectivity index is 3.19. The number of carbonyl (C=O) groups excluding carboxylic acids is 1. The third-order valence-corrected chi connectivity index (χ3v) is 3.60. The van der Waals surface area contributed by atoms with E-state index < -0.39 is 5.41 Å². The third kappa shape index (κ3) is 2.68. The average molecular weight is 279 g/mol. The van der Waals surface area contributed by atoms with Crippen molar-refractivity contribution in [1.82, 2.24) is 0 Å². The molecule has 1 atom stereocenters. The lowest BCUT2D eigenvalue weighted by Gasteiger charge is -2.31. The van der Waals surface area contributed by atoms with Gasteiger partial charge in [0, 0.05) is 7.05 Å². The summed E-state index contributed by atoms with van der Waals surface area (Å²) in [6.07, 6.45) is 0.418. The van der Waals surface area contributed by atoms with Crippen LogP contribution in [-0.4, -0.2) is 31.1 Å². The highest BCUT2D eigenvalue weighted by Gasteiger charge is 2.39. The van der Waals surface area contributed by atoms with E-state index >= 15 is 0 Å². The first-order valence-corrected chi connectivity index (χ1v) is 6.31. The SMILES string of the molecule is CCC(C)(C(=O)N(C)c1ccccc1OC)/C(N)=N/O. The van der Waals surface area contributed by atoms with Crippen molar-refractivity contribution in [1.29, 1.82) is 0 Å². The van der Waals surface area contributed by atoms with Crippen LogP contribution in [0.15, 0.2) is 29.4 Å². The van der Waals surface area contributed by atoms with Crippen molar-refractivity contribution in [2.75, 3.05) is 19.1 Å². The van der Waals surface area contributed by atoms with Gasteiger partial charge in [0.05, 0.1) is 12.8 Å². The molecule has 0 saturated heterocycles. The van der Waals surface area contributed by atoms with Crippen molar-refractivity contribution in [2.45, 2.75) is 20.3 Å². The number of carbonyl (C=O) groups is 1. The van der Waals surface area contributed by atoms with Crippen LogP contribution in [0.1, 0.15) is 20.3 Å². The van der Waals surface area contributed by atoms with Gasteiger partial charge >= 0.3 is 0 Å². The van der Waals surface area contributed by atoms with E-state index in [0.29, 0.717) is 17.9 Å². The largest absolute Gasteiger partial charge is 0.495 e. The second-order valence-electron chi connectivity index (χ2n) is 4.71. The second-order valence-corrected chi connectivity index (χ2v) is 4.71. The smallest absolute Gasteiger partial charge is 0.240 e. The summed E-state index contributed by atoms with van der Waals surface area (Å²) in [7, 11) is 3.18. The van der Waals surface area contributed by atoms with Gasteiger partial charge in [-0.25, -0.2) is 0 Å². The molecule has 1 aromatic rings. The van der Waals surface area contributed by atoms with Crippen LogP contribution in [0.2, 0.25) is 0 Å². The van der Waals surface area contributed by atoms with Gasteiger partial charge in [0.15, 0.2) is 5.84 Å². The van der Waals surface area contributed by atoms with Gasteiger partial charge < -0.3 is 20.6 Å². The van der Waals surface area contributed by atoms with Gasteiger partial charge in [-0.05, 0) is 25.5 Å². The molecule has 0 fully saturated rings. The molecule has 1 amide bonds. The Hall–Kier alpha value is -2.24. The molecule has 1 rings (SSSR count). The molecule has 20 heavy (non-hydrogen) atoms. The molecule has 6 heteroatoms. The predicted octanol–water partition coefficient (Wildman–Crippen LogP) is 1.82. The molecule has 0 aromatic heterocycles. The van der Waals surface area contributed by atoms with E-state index in [1.807, 2.05) is 19.1 Å². The van der Waals surface area contributed by atoms with E-state index in [1.54, 1.807) is 33.2 Å². The number of para-hydroxylation sites is 2. The fourth-order valence-electron chi connectivity index (χ4n) is 1.94. The van der Waals surface area contributed by atoms with Gasteiger partial charge in [-0.2, -0.15) is 0 Å². The van der Waals surface area contributed by atoms with Crippen LogP contribution in [0.3, 0.4) is 0 Å². The molecule has 1 unspecified atom stereocenters. The van der Waals surface area contributed by atoms with E-state index in [9.17, 15) is 4.79 Å². The van der Waals surface area contributed by atoms with Gasteiger partial charge in [-0.1, -0.05) is 24.2 Å². The summed E-state index contributed by atoms with van der Waals surface area (Å²) in [4.78, 5) is 14.1. The normalized spacial score (nSPS) is 14.5. The van der Waals surface area contributed by atoms with Gasteiger partial charge in [0.1, 0.15) is 11.2 Å². The Morgan fingerprint density at radius 1 is 1.50 bits per heavy atom. The number of amides is 1. The zero-order valence-electron chi connectivity index (χ0n) is 12.3. The highest BCUT2D eigenvalue weighted by Crippen LogP contribution is 2.32. The number of rotatable bonds is 5. The van der Waals surface area contributed by atoms with Crippen molar-refractivity contribution >= 4 is 17.4 Å². The molecule has 0 saturated carbocycles. The fraction of sp³-hybridized carbons (Fsp3) is 0.429. The standard InChI is InChI=1S/C14H21N3O3/c1-5-14(2,12(15)16-19)13(18)17(3)10-8-6-7-9-11(10)20-4/h6-9,19H,5H2,1-4H3,(H2,15,16). The maximum absolute atomic E-state index is 12.7. The van der Waals surface area contributed by atoms with E-state index in [-0.39, 0.29) is 11.7 Å². The minimum absolute atomic E-state index is 0.105. The fourth-order valence-corrected chi connectivity index (χ4v) is 1.94. The Bertz CT molecular complexity index is 516. The number of oxime groups is 1. The Morgan fingerprint density at radius 2 is 2.10 bits per heavy atom. The summed E-state index contributed by atoms with van der Waals surface area (Å²) in [6, 6.07) is 7.18. The molecule has 3 N–H and O–H groups in total. The lowest BCUT2D eigenvalue weighted by molar-refractivity contribution is -0.124. The molecule has 0 heterocycles. The number of anilines is 1. The number of nitrogens with zero attached hydrogens (tertiary/aromatic N) is 2. The summed E-state index contributed by atoms with van der Waals surface area (Å²) in [5.41, 5.74) is 5.24. The second kappa shape index (κ2) is 6.27. The maximum atomic E-state index is 12.7. The van der Waals surface area contributed by atoms with Gasteiger partial charge in [0.2, 0.25) is 5.91 Å². The third-order valence-electron chi connectivity index (χ3n) is 3.60. The van der Waals surface area contributed by atoms with Crippen molar-refractivity contribution in [3.05, 3.63) is 24.3 Å². The zero-order valence-corrected chi connectivity index (χ0v) is 12.3. The molecule has 0 bridgehead atoms. The van der Waals surface area contributed by atoms with E-state index in [0.717, 1.165) is 0 Å². The van der Waals surface area contributed by atoms with Crippen LogP contribution in [0.25, 0.3) is 0 Å². The minimum atomic E-state index is -1.07. The summed E-state index contributed by atoms with van der Waals surface area (Å²) in [5.74, 6) is 0.216. The zero-order chi connectivity index (χ0) is 15.3. The number of nitrogens with two attached hydrogens (primary N) is 1. The van der Waals surface area contributed by atoms with Crippen LogP contribution >= 0.6 is 0 Å². The molecule has 6 nitrogen and oxygen atoms in total. The van der Waals surface area contributed by atoms with Crippen LogP contribution in [0.5, 0.6) is 5.75 Å². The van der Waals surface area contributed by atoms with Crippen molar-refractivity contribution in [2.24, 2.45) is 16.3 Å². The van der Waals surface area contributed by atoms with Crippen LogP contribution in [0.4, 0.5) is 5.69 Å². The number of hydrogen-bond acceptors (Lipinski definition) is 4. The summed E-state index contributed by atoms with van der Waals surface area (Å²) < 4.78 is 5.24. The van der Waals surface area contributed by atoms with Crippen LogP contribution in [0, 0.1) is 5.41 Å². The lowest BCUT2D eigenvalue weighted by atomic mass is 9.84. The van der Waals surface area contributed by atoms with Crippen LogP contribution < -0.4 is 15.4 Å². The summed E-state index contributed by atoms with van der Waals surface area (Å²) in [5, 5.41) is 11.9. The number of benzene rings is 1. The molecule has 0 radical (unpaired) electrons. The number of ether oxygens (including phenoxy) is 1. The van der Waals surface area contributed by atoms with Crippen LogP contribution in [-0.2, 0) is 4.79 Å². The summed E-state index contributed by atoms with van der Waals surface area (Å²) in [6.45, 7) is 3.46. The molecule has 0 aliphatic carbocycles. The quantitative estimate of drug-likeness (QED) is 0.372. The maximum Gasteiger partial charge on any atom is 0.240 e. The highest BCUT2D eigenvalue weighted by molar-refractivity contribution is 6.12. The van der Waals surface area contributed by atoms with E-state index in [4.69, 9.17) is 15.7 Å². The first-order chi connectivity index (χ1) is 9.42. The topological polar surface area (TPSA) is 88.2 Å². The molecular weight excluding hydrogens is 258 g/mol. The molecule has 0 spiro atoms.